The molecule has 2 aliphatic rings. The fourth-order valence-corrected chi connectivity index (χ4v) is 3.51. The molecule has 1 aromatic heterocycles. The minimum Gasteiger partial charge on any atom is -0.441 e. The second-order valence-corrected chi connectivity index (χ2v) is 7.66. The molecule has 6 nitrogen and oxygen atoms in total. The molecule has 1 unspecified atom stereocenters. The number of aromatic nitrogens is 1. The number of benzene rings is 1. The standard InChI is InChI=1S/C21H28N4O2/c1-15(20(26)22-18-8-9-18)25-12-10-24(11-13-25)14-19-16(2)27-21(23-19)17-6-4-3-5-7-17/h3-7,15,18H,8-14H2,1-2H3,(H,22,26). The van der Waals surface area contributed by atoms with Crippen LogP contribution in [-0.4, -0.2) is 59.0 Å². The van der Waals surface area contributed by atoms with E-state index in [1.807, 2.05) is 44.2 Å². The number of piperazine rings is 1. The van der Waals surface area contributed by atoms with Gasteiger partial charge in [0.05, 0.1) is 11.7 Å². The largest absolute Gasteiger partial charge is 0.441 e. The zero-order chi connectivity index (χ0) is 18.8. The highest BCUT2D eigenvalue weighted by atomic mass is 16.4. The van der Waals surface area contributed by atoms with Crippen LogP contribution in [0.25, 0.3) is 11.5 Å². The predicted octanol–water partition coefficient (Wildman–Crippen LogP) is 2.43. The number of hydrogen-bond donors (Lipinski definition) is 1. The molecule has 6 heteroatoms. The van der Waals surface area contributed by atoms with Crippen molar-refractivity contribution in [2.24, 2.45) is 0 Å². The minimum absolute atomic E-state index is 0.0498. The van der Waals surface area contributed by atoms with Crippen molar-refractivity contribution in [1.82, 2.24) is 20.1 Å². The molecule has 1 atom stereocenters. The van der Waals surface area contributed by atoms with Crippen molar-refractivity contribution in [3.63, 3.8) is 0 Å². The van der Waals surface area contributed by atoms with Gasteiger partial charge in [0.1, 0.15) is 5.76 Å². The summed E-state index contributed by atoms with van der Waals surface area (Å²) in [7, 11) is 0. The van der Waals surface area contributed by atoms with Gasteiger partial charge in [-0.2, -0.15) is 0 Å². The number of nitrogens with one attached hydrogen (secondary N) is 1. The number of carbonyl (C=O) groups is 1. The number of rotatable bonds is 6. The lowest BCUT2D eigenvalue weighted by Crippen LogP contribution is -2.53. The molecule has 0 radical (unpaired) electrons. The summed E-state index contributed by atoms with van der Waals surface area (Å²) in [4.78, 5) is 21.6. The fraction of sp³-hybridized carbons (Fsp3) is 0.524. The first-order valence-electron chi connectivity index (χ1n) is 9.88. The van der Waals surface area contributed by atoms with Crippen LogP contribution in [0.1, 0.15) is 31.2 Å². The van der Waals surface area contributed by atoms with Crippen LogP contribution in [0.15, 0.2) is 34.7 Å². The topological polar surface area (TPSA) is 61.6 Å². The number of oxazole rings is 1. The number of nitrogens with zero attached hydrogens (tertiary/aromatic N) is 3. The van der Waals surface area contributed by atoms with E-state index in [1.54, 1.807) is 0 Å². The summed E-state index contributed by atoms with van der Waals surface area (Å²) in [6.07, 6.45) is 2.27. The van der Waals surface area contributed by atoms with Crippen molar-refractivity contribution in [1.29, 1.82) is 0 Å². The Labute approximate surface area is 160 Å². The average molecular weight is 368 g/mol. The summed E-state index contributed by atoms with van der Waals surface area (Å²) in [5.41, 5.74) is 2.01. The van der Waals surface area contributed by atoms with Crippen LogP contribution in [0.3, 0.4) is 0 Å². The Morgan fingerprint density at radius 3 is 2.59 bits per heavy atom. The Kier molecular flexibility index (Phi) is 5.27. The monoisotopic (exact) mass is 368 g/mol. The molecule has 1 amide bonds. The van der Waals surface area contributed by atoms with E-state index in [1.165, 1.54) is 0 Å². The molecule has 0 spiro atoms. The lowest BCUT2D eigenvalue weighted by atomic mass is 10.2. The van der Waals surface area contributed by atoms with Gasteiger partial charge in [0.15, 0.2) is 0 Å². The van der Waals surface area contributed by atoms with E-state index in [4.69, 9.17) is 9.40 Å². The average Bonchev–Trinajstić information content (AvgIpc) is 3.44. The Morgan fingerprint density at radius 1 is 1.22 bits per heavy atom. The highest BCUT2D eigenvalue weighted by Gasteiger charge is 2.30. The van der Waals surface area contributed by atoms with Crippen molar-refractivity contribution < 1.29 is 9.21 Å². The van der Waals surface area contributed by atoms with Gasteiger partial charge in [0.25, 0.3) is 0 Å². The third-order valence-corrected chi connectivity index (χ3v) is 5.54. The first kappa shape index (κ1) is 18.2. The van der Waals surface area contributed by atoms with Gasteiger partial charge in [-0.15, -0.1) is 0 Å². The molecule has 1 N–H and O–H groups in total. The summed E-state index contributed by atoms with van der Waals surface area (Å²) in [5, 5.41) is 3.11. The van der Waals surface area contributed by atoms with Crippen molar-refractivity contribution in [2.75, 3.05) is 26.2 Å². The van der Waals surface area contributed by atoms with Crippen LogP contribution >= 0.6 is 0 Å². The molecule has 2 aromatic rings. The summed E-state index contributed by atoms with van der Waals surface area (Å²) < 4.78 is 5.87. The molecule has 0 bridgehead atoms. The van der Waals surface area contributed by atoms with Gasteiger partial charge < -0.3 is 9.73 Å². The van der Waals surface area contributed by atoms with E-state index >= 15 is 0 Å². The smallest absolute Gasteiger partial charge is 0.237 e. The van der Waals surface area contributed by atoms with Crippen LogP contribution in [0.2, 0.25) is 0 Å². The summed E-state index contributed by atoms with van der Waals surface area (Å²) >= 11 is 0. The second-order valence-electron chi connectivity index (χ2n) is 7.66. The first-order chi connectivity index (χ1) is 13.1. The highest BCUT2D eigenvalue weighted by Crippen LogP contribution is 2.23. The summed E-state index contributed by atoms with van der Waals surface area (Å²) in [5.74, 6) is 1.74. The van der Waals surface area contributed by atoms with Crippen LogP contribution in [0, 0.1) is 6.92 Å². The third-order valence-electron chi connectivity index (χ3n) is 5.54. The van der Waals surface area contributed by atoms with Crippen molar-refractivity contribution >= 4 is 5.91 Å². The van der Waals surface area contributed by atoms with Gasteiger partial charge in [-0.25, -0.2) is 4.98 Å². The highest BCUT2D eigenvalue weighted by molar-refractivity contribution is 5.81. The van der Waals surface area contributed by atoms with E-state index < -0.39 is 0 Å². The van der Waals surface area contributed by atoms with Gasteiger partial charge in [-0.1, -0.05) is 18.2 Å². The Hall–Kier alpha value is -2.18. The van der Waals surface area contributed by atoms with Gasteiger partial charge in [-0.05, 0) is 38.8 Å². The van der Waals surface area contributed by atoms with E-state index in [9.17, 15) is 4.79 Å². The Morgan fingerprint density at radius 2 is 1.93 bits per heavy atom. The van der Waals surface area contributed by atoms with Gasteiger partial charge >= 0.3 is 0 Å². The lowest BCUT2D eigenvalue weighted by molar-refractivity contribution is -0.126. The lowest BCUT2D eigenvalue weighted by Gasteiger charge is -2.37. The molecule has 1 saturated carbocycles. The normalized spacial score (nSPS) is 19.8. The maximum atomic E-state index is 12.3. The molecule has 1 aliphatic carbocycles. The maximum Gasteiger partial charge on any atom is 0.237 e. The van der Waals surface area contributed by atoms with Crippen molar-refractivity contribution in [3.8, 4) is 11.5 Å². The molecule has 4 rings (SSSR count). The van der Waals surface area contributed by atoms with Crippen LogP contribution in [-0.2, 0) is 11.3 Å². The SMILES string of the molecule is Cc1oc(-c2ccccc2)nc1CN1CCN(C(C)C(=O)NC2CC2)CC1. The molecule has 144 valence electrons. The van der Waals surface area contributed by atoms with E-state index in [2.05, 4.69) is 15.1 Å². The molecular formula is C21H28N4O2. The van der Waals surface area contributed by atoms with Gasteiger partial charge in [0.2, 0.25) is 11.8 Å². The van der Waals surface area contributed by atoms with Crippen molar-refractivity contribution in [3.05, 3.63) is 41.8 Å². The zero-order valence-electron chi connectivity index (χ0n) is 16.1. The van der Waals surface area contributed by atoms with E-state index in [-0.39, 0.29) is 11.9 Å². The van der Waals surface area contributed by atoms with Crippen LogP contribution in [0.5, 0.6) is 0 Å². The van der Waals surface area contributed by atoms with Crippen molar-refractivity contribution in [2.45, 2.75) is 45.3 Å². The van der Waals surface area contributed by atoms with E-state index in [0.717, 1.165) is 62.6 Å². The Bertz CT molecular complexity index is 777. The predicted molar refractivity (Wildman–Crippen MR) is 104 cm³/mol. The molecule has 2 heterocycles. The number of aryl methyl sites for hydroxylation is 1. The van der Waals surface area contributed by atoms with Crippen LogP contribution < -0.4 is 5.32 Å². The molecule has 27 heavy (non-hydrogen) atoms. The van der Waals surface area contributed by atoms with Gasteiger partial charge in [0, 0.05) is 44.3 Å². The first-order valence-corrected chi connectivity index (χ1v) is 9.88. The minimum atomic E-state index is -0.0498. The maximum absolute atomic E-state index is 12.3. The van der Waals surface area contributed by atoms with Crippen LogP contribution in [0.4, 0.5) is 0 Å². The number of amides is 1. The third kappa shape index (κ3) is 4.39. The fourth-order valence-electron chi connectivity index (χ4n) is 3.51. The molecule has 2 fully saturated rings. The number of hydrogen-bond acceptors (Lipinski definition) is 5. The zero-order valence-corrected chi connectivity index (χ0v) is 16.1. The van der Waals surface area contributed by atoms with Gasteiger partial charge in [-0.3, -0.25) is 14.6 Å². The molecule has 1 saturated heterocycles. The Balaban J connectivity index is 1.31. The summed E-state index contributed by atoms with van der Waals surface area (Å²) in [6.45, 7) is 8.47. The molecule has 1 aromatic carbocycles. The quantitative estimate of drug-likeness (QED) is 0.849. The molecule has 1 aliphatic heterocycles. The second kappa shape index (κ2) is 7.82. The van der Waals surface area contributed by atoms with E-state index in [0.29, 0.717) is 11.9 Å². The molecular weight excluding hydrogens is 340 g/mol. The number of carbonyl (C=O) groups excluding carboxylic acids is 1. The summed E-state index contributed by atoms with van der Waals surface area (Å²) in [6, 6.07) is 10.4.